The molecule has 17 heavy (non-hydrogen) atoms. The summed E-state index contributed by atoms with van der Waals surface area (Å²) in [6.45, 7) is 7.45. The lowest BCUT2D eigenvalue weighted by Crippen LogP contribution is -2.34. The molecule has 0 aromatic carbocycles. The van der Waals surface area contributed by atoms with Gasteiger partial charge >= 0.3 is 0 Å². The quantitative estimate of drug-likeness (QED) is 0.610. The third-order valence-electron chi connectivity index (χ3n) is 3.18. The van der Waals surface area contributed by atoms with Crippen LogP contribution in [0.25, 0.3) is 0 Å². The van der Waals surface area contributed by atoms with Gasteiger partial charge in [0, 0.05) is 10.7 Å². The molecule has 104 valence electrons. The minimum atomic E-state index is -3.01. The van der Waals surface area contributed by atoms with Crippen LogP contribution in [0.2, 0.25) is 0 Å². The Balaban J connectivity index is 4.73. The Morgan fingerprint density at radius 1 is 1.00 bits per heavy atom. The van der Waals surface area contributed by atoms with Crippen molar-refractivity contribution in [3.63, 3.8) is 0 Å². The van der Waals surface area contributed by atoms with E-state index >= 15 is 0 Å². The molecule has 0 aromatic rings. The lowest BCUT2D eigenvalue weighted by molar-refractivity contribution is 0.340. The molecule has 0 atom stereocenters. The number of halogens is 2. The second kappa shape index (κ2) is 6.90. The van der Waals surface area contributed by atoms with Crippen LogP contribution in [0.4, 0.5) is 0 Å². The fourth-order valence-electron chi connectivity index (χ4n) is 1.62. The molecule has 0 unspecified atom stereocenters. The number of rotatable bonds is 7. The van der Waals surface area contributed by atoms with Gasteiger partial charge in [0.2, 0.25) is 0 Å². The van der Waals surface area contributed by atoms with E-state index in [1.54, 1.807) is 20.8 Å². The van der Waals surface area contributed by atoms with Crippen LogP contribution in [-0.4, -0.2) is 29.6 Å². The van der Waals surface area contributed by atoms with E-state index in [1.165, 1.54) is 0 Å². The third kappa shape index (κ3) is 5.19. The van der Waals surface area contributed by atoms with Crippen molar-refractivity contribution >= 4 is 41.7 Å². The van der Waals surface area contributed by atoms with Gasteiger partial charge in [0.05, 0.1) is 10.5 Å². The summed E-state index contributed by atoms with van der Waals surface area (Å²) in [7, 11) is -3.01. The number of alkyl halides is 2. The maximum Gasteiger partial charge on any atom is 0.155 e. The molecule has 0 saturated carbocycles. The molecule has 0 aromatic heterocycles. The van der Waals surface area contributed by atoms with Gasteiger partial charge < -0.3 is 0 Å². The zero-order chi connectivity index (χ0) is 13.7. The molecule has 5 heteroatoms. The van der Waals surface area contributed by atoms with Crippen LogP contribution in [-0.2, 0) is 9.84 Å². The van der Waals surface area contributed by atoms with Gasteiger partial charge in [-0.3, -0.25) is 0 Å². The van der Waals surface area contributed by atoms with Crippen LogP contribution in [0.5, 0.6) is 0 Å². The predicted molar refractivity (Wildman–Crippen MR) is 83.1 cm³/mol. The third-order valence-corrected chi connectivity index (χ3v) is 8.17. The lowest BCUT2D eigenvalue weighted by atomic mass is 9.85. The van der Waals surface area contributed by atoms with Crippen molar-refractivity contribution in [1.82, 2.24) is 0 Å². The highest BCUT2D eigenvalue weighted by atomic mass is 79.9. The van der Waals surface area contributed by atoms with E-state index < -0.39 is 14.6 Å². The van der Waals surface area contributed by atoms with Crippen molar-refractivity contribution in [1.29, 1.82) is 0 Å². The van der Waals surface area contributed by atoms with Crippen molar-refractivity contribution in [2.24, 2.45) is 5.41 Å². The van der Waals surface area contributed by atoms with Crippen molar-refractivity contribution < 1.29 is 8.42 Å². The molecular formula is C12H24Br2O2S. The summed E-state index contributed by atoms with van der Waals surface area (Å²) >= 11 is 7.06. The Kier molecular flexibility index (Phi) is 7.27. The van der Waals surface area contributed by atoms with Crippen LogP contribution in [0.15, 0.2) is 0 Å². The molecule has 0 radical (unpaired) electrons. The molecule has 0 saturated heterocycles. The van der Waals surface area contributed by atoms with Crippen molar-refractivity contribution in [2.45, 2.75) is 51.7 Å². The van der Waals surface area contributed by atoms with Crippen LogP contribution < -0.4 is 0 Å². The lowest BCUT2D eigenvalue weighted by Gasteiger charge is -2.31. The van der Waals surface area contributed by atoms with Gasteiger partial charge in [-0.15, -0.1) is 0 Å². The highest BCUT2D eigenvalue weighted by molar-refractivity contribution is 9.09. The molecule has 0 aliphatic heterocycles. The Morgan fingerprint density at radius 3 is 1.76 bits per heavy atom. The fourth-order valence-corrected chi connectivity index (χ4v) is 4.98. The molecule has 2 nitrogen and oxygen atoms in total. The molecule has 0 bridgehead atoms. The fraction of sp³-hybridized carbons (Fsp3) is 1.00. The predicted octanol–water partition coefficient (Wildman–Crippen LogP) is 4.17. The zero-order valence-corrected chi connectivity index (χ0v) is 15.2. The van der Waals surface area contributed by atoms with Crippen molar-refractivity contribution in [3.05, 3.63) is 0 Å². The van der Waals surface area contributed by atoms with Gasteiger partial charge in [-0.2, -0.15) is 0 Å². The monoisotopic (exact) mass is 390 g/mol. The number of hydrogen-bond donors (Lipinski definition) is 0. The van der Waals surface area contributed by atoms with E-state index in [-0.39, 0.29) is 11.2 Å². The molecule has 0 fully saturated rings. The first-order chi connectivity index (χ1) is 7.64. The maximum absolute atomic E-state index is 12.1. The van der Waals surface area contributed by atoms with E-state index in [9.17, 15) is 8.42 Å². The molecule has 0 aliphatic carbocycles. The second-order valence-corrected chi connectivity index (χ2v) is 9.68. The normalized spacial score (nSPS) is 14.0. The summed E-state index contributed by atoms with van der Waals surface area (Å²) in [5, 5.41) is 1.69. The zero-order valence-electron chi connectivity index (χ0n) is 11.2. The first kappa shape index (κ1) is 17.9. The largest absolute Gasteiger partial charge is 0.228 e. The molecule has 0 aliphatic rings. The van der Waals surface area contributed by atoms with Crippen molar-refractivity contribution in [3.8, 4) is 0 Å². The van der Waals surface area contributed by atoms with Gasteiger partial charge in [-0.25, -0.2) is 8.42 Å². The SMILES string of the molecule is CCCC(CBr)(CBr)CCS(=O)(=O)C(C)(C)C. The first-order valence-electron chi connectivity index (χ1n) is 5.98. The average molecular weight is 392 g/mol. The highest BCUT2D eigenvalue weighted by Gasteiger charge is 2.33. The summed E-state index contributed by atoms with van der Waals surface area (Å²) in [5.74, 6) is 0.272. The highest BCUT2D eigenvalue weighted by Crippen LogP contribution is 2.34. The van der Waals surface area contributed by atoms with E-state index in [2.05, 4.69) is 38.8 Å². The number of sulfone groups is 1. The van der Waals surface area contributed by atoms with Crippen LogP contribution >= 0.6 is 31.9 Å². The van der Waals surface area contributed by atoms with E-state index in [1.807, 2.05) is 0 Å². The van der Waals surface area contributed by atoms with Gasteiger partial charge in [0.15, 0.2) is 9.84 Å². The maximum atomic E-state index is 12.1. The minimum absolute atomic E-state index is 0.0626. The Morgan fingerprint density at radius 2 is 1.47 bits per heavy atom. The summed E-state index contributed by atoms with van der Waals surface area (Å²) < 4.78 is 23.6. The Labute approximate surface area is 123 Å². The average Bonchev–Trinajstić information content (AvgIpc) is 2.23. The molecular weight excluding hydrogens is 368 g/mol. The topological polar surface area (TPSA) is 34.1 Å². The van der Waals surface area contributed by atoms with Crippen LogP contribution in [0.1, 0.15) is 47.0 Å². The Hall–Kier alpha value is 0.910. The van der Waals surface area contributed by atoms with Gasteiger partial charge in [-0.05, 0) is 39.0 Å². The molecule has 0 N–H and O–H groups in total. The first-order valence-corrected chi connectivity index (χ1v) is 9.88. The molecule has 0 rings (SSSR count). The van der Waals surface area contributed by atoms with Gasteiger partial charge in [0.1, 0.15) is 0 Å². The van der Waals surface area contributed by atoms with E-state index in [0.29, 0.717) is 0 Å². The summed E-state index contributed by atoms with van der Waals surface area (Å²) in [4.78, 5) is 0. The standard InChI is InChI=1S/C12H24Br2O2S/c1-5-6-12(9-13,10-14)7-8-17(15,16)11(2,3)4/h5-10H2,1-4H3. The van der Waals surface area contributed by atoms with Crippen molar-refractivity contribution in [2.75, 3.05) is 16.4 Å². The van der Waals surface area contributed by atoms with Gasteiger partial charge in [0.25, 0.3) is 0 Å². The molecule has 0 amide bonds. The summed E-state index contributed by atoms with van der Waals surface area (Å²) in [5.41, 5.74) is 0.0626. The van der Waals surface area contributed by atoms with Crippen LogP contribution in [0.3, 0.4) is 0 Å². The second-order valence-electron chi connectivity index (χ2n) is 5.70. The Bertz CT molecular complexity index is 314. The minimum Gasteiger partial charge on any atom is -0.228 e. The smallest absolute Gasteiger partial charge is 0.155 e. The summed E-state index contributed by atoms with van der Waals surface area (Å²) in [6.07, 6.45) is 2.84. The van der Waals surface area contributed by atoms with E-state index in [4.69, 9.17) is 0 Å². The summed E-state index contributed by atoms with van der Waals surface area (Å²) in [6, 6.07) is 0. The van der Waals surface area contributed by atoms with E-state index in [0.717, 1.165) is 29.9 Å². The number of hydrogen-bond acceptors (Lipinski definition) is 2. The van der Waals surface area contributed by atoms with Crippen LogP contribution in [0, 0.1) is 5.41 Å². The van der Waals surface area contributed by atoms with Gasteiger partial charge in [-0.1, -0.05) is 45.2 Å². The molecule has 0 heterocycles. The molecule has 0 spiro atoms.